The SMILES string of the molecule is CC(C)(C)C1CCCN(S(=O)(=O)CC2CCCN2)CC1. The first kappa shape index (κ1) is 16.2. The number of rotatable bonds is 3. The van der Waals surface area contributed by atoms with Gasteiger partial charge in [0.2, 0.25) is 10.0 Å². The summed E-state index contributed by atoms with van der Waals surface area (Å²) in [6, 6.07) is 0.168. The highest BCUT2D eigenvalue weighted by Gasteiger charge is 2.32. The Morgan fingerprint density at radius 1 is 1.10 bits per heavy atom. The molecule has 2 heterocycles. The van der Waals surface area contributed by atoms with Crippen molar-refractivity contribution in [2.45, 2.75) is 58.9 Å². The number of hydrogen-bond donors (Lipinski definition) is 1. The Bertz CT molecular complexity index is 408. The van der Waals surface area contributed by atoms with Crippen molar-refractivity contribution in [3.63, 3.8) is 0 Å². The lowest BCUT2D eigenvalue weighted by Crippen LogP contribution is -2.40. The first-order valence-corrected chi connectivity index (χ1v) is 9.61. The summed E-state index contributed by atoms with van der Waals surface area (Å²) in [6.45, 7) is 9.18. The number of sulfonamides is 1. The average Bonchev–Trinajstić information content (AvgIpc) is 2.67. The molecular weight excluding hydrogens is 272 g/mol. The third-order valence-electron chi connectivity index (χ3n) is 4.88. The molecule has 0 saturated carbocycles. The van der Waals surface area contributed by atoms with Crippen molar-refractivity contribution in [1.29, 1.82) is 0 Å². The smallest absolute Gasteiger partial charge is 0.215 e. The Hall–Kier alpha value is -0.130. The minimum Gasteiger partial charge on any atom is -0.313 e. The van der Waals surface area contributed by atoms with Crippen LogP contribution in [0, 0.1) is 11.3 Å². The molecule has 0 aliphatic carbocycles. The maximum atomic E-state index is 12.5. The first-order chi connectivity index (χ1) is 9.29. The van der Waals surface area contributed by atoms with Gasteiger partial charge in [0.15, 0.2) is 0 Å². The first-order valence-electron chi connectivity index (χ1n) is 8.00. The van der Waals surface area contributed by atoms with Gasteiger partial charge in [-0.15, -0.1) is 0 Å². The Morgan fingerprint density at radius 3 is 2.45 bits per heavy atom. The van der Waals surface area contributed by atoms with Crippen LogP contribution in [0.4, 0.5) is 0 Å². The molecule has 118 valence electrons. The van der Waals surface area contributed by atoms with E-state index in [0.717, 1.165) is 38.6 Å². The molecule has 2 saturated heterocycles. The molecule has 0 bridgehead atoms. The van der Waals surface area contributed by atoms with E-state index in [0.29, 0.717) is 19.0 Å². The van der Waals surface area contributed by atoms with Crippen molar-refractivity contribution in [2.24, 2.45) is 11.3 Å². The Labute approximate surface area is 124 Å². The van der Waals surface area contributed by atoms with Crippen molar-refractivity contribution in [1.82, 2.24) is 9.62 Å². The quantitative estimate of drug-likeness (QED) is 0.869. The van der Waals surface area contributed by atoms with Crippen LogP contribution in [0.15, 0.2) is 0 Å². The molecule has 0 amide bonds. The summed E-state index contributed by atoms with van der Waals surface area (Å²) < 4.78 is 26.8. The zero-order valence-electron chi connectivity index (χ0n) is 13.2. The van der Waals surface area contributed by atoms with Crippen molar-refractivity contribution in [3.05, 3.63) is 0 Å². The molecule has 5 heteroatoms. The minimum absolute atomic E-state index is 0.168. The molecule has 0 aromatic heterocycles. The van der Waals surface area contributed by atoms with Gasteiger partial charge in [0.25, 0.3) is 0 Å². The third-order valence-corrected chi connectivity index (χ3v) is 6.85. The van der Waals surface area contributed by atoms with Crippen LogP contribution in [-0.4, -0.2) is 44.2 Å². The van der Waals surface area contributed by atoms with Gasteiger partial charge in [0, 0.05) is 19.1 Å². The second kappa shape index (κ2) is 6.32. The van der Waals surface area contributed by atoms with Gasteiger partial charge < -0.3 is 5.32 Å². The summed E-state index contributed by atoms with van der Waals surface area (Å²) in [4.78, 5) is 0. The summed E-state index contributed by atoms with van der Waals surface area (Å²) in [6.07, 6.45) is 5.25. The lowest BCUT2D eigenvalue weighted by molar-refractivity contribution is 0.217. The van der Waals surface area contributed by atoms with Crippen LogP contribution in [0.3, 0.4) is 0 Å². The number of hydrogen-bond acceptors (Lipinski definition) is 3. The maximum Gasteiger partial charge on any atom is 0.215 e. The summed E-state index contributed by atoms with van der Waals surface area (Å²) in [5, 5.41) is 3.29. The van der Waals surface area contributed by atoms with E-state index in [-0.39, 0.29) is 17.2 Å². The molecular formula is C15H30N2O2S. The van der Waals surface area contributed by atoms with E-state index in [4.69, 9.17) is 0 Å². The summed E-state index contributed by atoms with van der Waals surface area (Å²) in [5.74, 6) is 0.917. The molecule has 2 fully saturated rings. The fourth-order valence-electron chi connectivity index (χ4n) is 3.47. The van der Waals surface area contributed by atoms with Gasteiger partial charge in [-0.1, -0.05) is 20.8 Å². The van der Waals surface area contributed by atoms with Crippen LogP contribution in [0.1, 0.15) is 52.9 Å². The standard InChI is InChI=1S/C15H30N2O2S/c1-15(2,3)13-6-5-10-17(11-8-13)20(18,19)12-14-7-4-9-16-14/h13-14,16H,4-12H2,1-3H3. The predicted molar refractivity (Wildman–Crippen MR) is 83.2 cm³/mol. The Kier molecular flexibility index (Phi) is 5.14. The van der Waals surface area contributed by atoms with E-state index >= 15 is 0 Å². The Balaban J connectivity index is 1.95. The molecule has 4 nitrogen and oxygen atoms in total. The molecule has 0 aromatic rings. The second-order valence-corrected chi connectivity index (χ2v) is 9.48. The molecule has 2 rings (SSSR count). The molecule has 0 radical (unpaired) electrons. The molecule has 1 N–H and O–H groups in total. The van der Waals surface area contributed by atoms with Crippen LogP contribution >= 0.6 is 0 Å². The molecule has 0 aromatic carbocycles. The van der Waals surface area contributed by atoms with Crippen LogP contribution in [0.5, 0.6) is 0 Å². The lowest BCUT2D eigenvalue weighted by atomic mass is 9.77. The van der Waals surface area contributed by atoms with Crippen LogP contribution in [0.2, 0.25) is 0 Å². The molecule has 0 spiro atoms. The summed E-state index contributed by atoms with van der Waals surface area (Å²) in [7, 11) is -3.09. The highest BCUT2D eigenvalue weighted by Crippen LogP contribution is 2.34. The number of nitrogens with one attached hydrogen (secondary N) is 1. The largest absolute Gasteiger partial charge is 0.313 e. The molecule has 2 aliphatic heterocycles. The molecule has 2 atom stereocenters. The average molecular weight is 302 g/mol. The van der Waals surface area contributed by atoms with E-state index in [2.05, 4.69) is 26.1 Å². The van der Waals surface area contributed by atoms with Crippen molar-refractivity contribution in [3.8, 4) is 0 Å². The monoisotopic (exact) mass is 302 g/mol. The van der Waals surface area contributed by atoms with Crippen LogP contribution in [0.25, 0.3) is 0 Å². The van der Waals surface area contributed by atoms with Gasteiger partial charge in [-0.25, -0.2) is 12.7 Å². The highest BCUT2D eigenvalue weighted by atomic mass is 32.2. The van der Waals surface area contributed by atoms with E-state index in [1.807, 2.05) is 0 Å². The van der Waals surface area contributed by atoms with E-state index in [9.17, 15) is 8.42 Å². The van der Waals surface area contributed by atoms with Gasteiger partial charge in [-0.05, 0) is 50.0 Å². The highest BCUT2D eigenvalue weighted by molar-refractivity contribution is 7.89. The van der Waals surface area contributed by atoms with E-state index < -0.39 is 10.0 Å². The lowest BCUT2D eigenvalue weighted by Gasteiger charge is -2.29. The fourth-order valence-corrected chi connectivity index (χ4v) is 5.27. The maximum absolute atomic E-state index is 12.5. The topological polar surface area (TPSA) is 49.4 Å². The normalized spacial score (nSPS) is 30.4. The zero-order chi connectivity index (χ0) is 14.8. The summed E-state index contributed by atoms with van der Waals surface area (Å²) in [5.41, 5.74) is 0.285. The van der Waals surface area contributed by atoms with Crippen molar-refractivity contribution in [2.75, 3.05) is 25.4 Å². The van der Waals surface area contributed by atoms with Crippen molar-refractivity contribution < 1.29 is 8.42 Å². The second-order valence-electron chi connectivity index (χ2n) is 7.46. The third kappa shape index (κ3) is 4.18. The van der Waals surface area contributed by atoms with Crippen LogP contribution in [-0.2, 0) is 10.0 Å². The molecule has 20 heavy (non-hydrogen) atoms. The minimum atomic E-state index is -3.09. The van der Waals surface area contributed by atoms with E-state index in [1.165, 1.54) is 0 Å². The van der Waals surface area contributed by atoms with Gasteiger partial charge in [0.1, 0.15) is 0 Å². The number of nitrogens with zero attached hydrogens (tertiary/aromatic N) is 1. The van der Waals surface area contributed by atoms with E-state index in [1.54, 1.807) is 4.31 Å². The summed E-state index contributed by atoms with van der Waals surface area (Å²) >= 11 is 0. The van der Waals surface area contributed by atoms with Crippen LogP contribution < -0.4 is 5.32 Å². The van der Waals surface area contributed by atoms with Gasteiger partial charge in [-0.2, -0.15) is 0 Å². The van der Waals surface area contributed by atoms with Crippen molar-refractivity contribution >= 4 is 10.0 Å². The fraction of sp³-hybridized carbons (Fsp3) is 1.00. The predicted octanol–water partition coefficient (Wildman–Crippen LogP) is 2.22. The zero-order valence-corrected chi connectivity index (χ0v) is 14.0. The molecule has 2 aliphatic rings. The van der Waals surface area contributed by atoms with Gasteiger partial charge in [0.05, 0.1) is 5.75 Å². The molecule has 2 unspecified atom stereocenters. The Morgan fingerprint density at radius 2 is 1.85 bits per heavy atom. The van der Waals surface area contributed by atoms with Gasteiger partial charge >= 0.3 is 0 Å². The van der Waals surface area contributed by atoms with Gasteiger partial charge in [-0.3, -0.25) is 0 Å².